The van der Waals surface area contributed by atoms with Crippen LogP contribution in [0.1, 0.15) is 30.9 Å². The number of methoxy groups -OCH3 is 1. The maximum atomic E-state index is 11.8. The quantitative estimate of drug-likeness (QED) is 0.139. The number of carbonyl (C=O) groups is 2. The molecule has 0 saturated carbocycles. The predicted molar refractivity (Wildman–Crippen MR) is 112 cm³/mol. The van der Waals surface area contributed by atoms with Gasteiger partial charge in [-0.2, -0.15) is 5.10 Å². The molecular formula is C18H22BN3O6S. The molecular weight excluding hydrogens is 397 g/mol. The van der Waals surface area contributed by atoms with E-state index in [1.165, 1.54) is 13.3 Å². The molecule has 0 aromatic heterocycles. The number of benzene rings is 1. The van der Waals surface area contributed by atoms with E-state index < -0.39 is 19.0 Å². The van der Waals surface area contributed by atoms with E-state index in [1.54, 1.807) is 12.1 Å². The first-order chi connectivity index (χ1) is 13.8. The molecule has 9 nitrogen and oxygen atoms in total. The van der Waals surface area contributed by atoms with Gasteiger partial charge in [-0.25, -0.2) is 4.79 Å². The fourth-order valence-corrected chi connectivity index (χ4v) is 3.13. The lowest BCUT2D eigenvalue weighted by Crippen LogP contribution is -2.32. The number of esters is 1. The number of amides is 1. The van der Waals surface area contributed by atoms with Gasteiger partial charge >= 0.3 is 13.1 Å². The smallest absolute Gasteiger partial charge is 0.492 e. The van der Waals surface area contributed by atoms with Crippen molar-refractivity contribution in [1.82, 2.24) is 5.32 Å². The summed E-state index contributed by atoms with van der Waals surface area (Å²) in [4.78, 5) is 23.2. The summed E-state index contributed by atoms with van der Waals surface area (Å²) >= 11 is 0.954. The maximum absolute atomic E-state index is 11.8. The van der Waals surface area contributed by atoms with Crippen LogP contribution in [0.3, 0.4) is 0 Å². The number of thioether (sulfide) groups is 1. The van der Waals surface area contributed by atoms with Crippen molar-refractivity contribution in [3.05, 3.63) is 34.2 Å². The lowest BCUT2D eigenvalue weighted by Gasteiger charge is -2.14. The topological polar surface area (TPSA) is 130 Å². The molecule has 0 atom stereocenters. The third-order valence-corrected chi connectivity index (χ3v) is 4.66. The Morgan fingerprint density at radius 2 is 2.14 bits per heavy atom. The van der Waals surface area contributed by atoms with Crippen LogP contribution in [0.2, 0.25) is 0 Å². The number of aryl methyl sites for hydroxylation is 1. The summed E-state index contributed by atoms with van der Waals surface area (Å²) in [7, 11) is -0.476. The first-order valence-corrected chi connectivity index (χ1v) is 9.70. The summed E-state index contributed by atoms with van der Waals surface area (Å²) in [5.74, 6) is -0.798. The zero-order valence-corrected chi connectivity index (χ0v) is 17.2. The fraction of sp³-hybridized carbons (Fsp3) is 0.333. The van der Waals surface area contributed by atoms with Crippen LogP contribution in [0.4, 0.5) is 0 Å². The van der Waals surface area contributed by atoms with E-state index in [-0.39, 0.29) is 15.5 Å². The summed E-state index contributed by atoms with van der Waals surface area (Å²) < 4.78 is 10.2. The highest BCUT2D eigenvalue weighted by atomic mass is 32.2. The minimum absolute atomic E-state index is 0.149. The zero-order chi connectivity index (χ0) is 21.4. The van der Waals surface area contributed by atoms with Crippen molar-refractivity contribution in [2.75, 3.05) is 13.7 Å². The molecule has 0 bridgehead atoms. The molecule has 1 aromatic carbocycles. The number of nitrogens with one attached hydrogen (secondary N) is 1. The number of hydrogen-bond donors (Lipinski definition) is 3. The van der Waals surface area contributed by atoms with Gasteiger partial charge in [0, 0.05) is 17.1 Å². The van der Waals surface area contributed by atoms with Crippen molar-refractivity contribution in [1.29, 1.82) is 0 Å². The van der Waals surface area contributed by atoms with Crippen LogP contribution in [-0.2, 0) is 14.3 Å². The Hall–Kier alpha value is -2.63. The molecule has 2 rings (SSSR count). The van der Waals surface area contributed by atoms with Crippen molar-refractivity contribution in [3.63, 3.8) is 0 Å². The molecule has 0 aliphatic carbocycles. The number of hydrogen-bond acceptors (Lipinski definition) is 9. The highest BCUT2D eigenvalue weighted by Crippen LogP contribution is 2.23. The van der Waals surface area contributed by atoms with Crippen LogP contribution < -0.4 is 15.5 Å². The molecule has 1 saturated heterocycles. The summed E-state index contributed by atoms with van der Waals surface area (Å²) in [6.07, 6.45) is 4.22. The Labute approximate surface area is 173 Å². The summed E-state index contributed by atoms with van der Waals surface area (Å²) in [6, 6.07) is 3.41. The lowest BCUT2D eigenvalue weighted by molar-refractivity contribution is -0.135. The van der Waals surface area contributed by atoms with Crippen molar-refractivity contribution in [2.24, 2.45) is 10.2 Å². The molecule has 11 heteroatoms. The molecule has 1 fully saturated rings. The Morgan fingerprint density at radius 3 is 2.79 bits per heavy atom. The van der Waals surface area contributed by atoms with E-state index >= 15 is 0 Å². The maximum Gasteiger partial charge on any atom is 0.492 e. The molecule has 29 heavy (non-hydrogen) atoms. The number of rotatable bonds is 8. The van der Waals surface area contributed by atoms with Gasteiger partial charge in [-0.3, -0.25) is 10.1 Å². The molecule has 1 aromatic rings. The SMILES string of the molecule is CCCCOc1c(C=N/N=C2/NC(=O)/C(=C\C(=O)OC)S2)cc(C)cc1B(O)O. The predicted octanol–water partition coefficient (Wildman–Crippen LogP) is 0.464. The van der Waals surface area contributed by atoms with Crippen molar-refractivity contribution < 1.29 is 29.1 Å². The van der Waals surface area contributed by atoms with Crippen molar-refractivity contribution in [3.8, 4) is 5.75 Å². The van der Waals surface area contributed by atoms with Gasteiger partial charge in [0.1, 0.15) is 5.75 Å². The molecule has 154 valence electrons. The number of amidine groups is 1. The van der Waals surface area contributed by atoms with Crippen LogP contribution in [0.25, 0.3) is 0 Å². The Bertz CT molecular complexity index is 869. The van der Waals surface area contributed by atoms with E-state index in [0.717, 1.165) is 36.2 Å². The molecule has 1 amide bonds. The van der Waals surface area contributed by atoms with Gasteiger partial charge in [0.05, 0.1) is 24.8 Å². The molecule has 1 aliphatic heterocycles. The second-order valence-electron chi connectivity index (χ2n) is 6.09. The van der Waals surface area contributed by atoms with E-state index in [4.69, 9.17) is 4.74 Å². The first-order valence-electron chi connectivity index (χ1n) is 8.89. The van der Waals surface area contributed by atoms with E-state index in [1.807, 2.05) is 13.8 Å². The van der Waals surface area contributed by atoms with E-state index in [0.29, 0.717) is 17.9 Å². The Kier molecular flexibility index (Phi) is 8.43. The minimum Gasteiger partial charge on any atom is -0.493 e. The standard InChI is InChI=1S/C18H22BN3O6S/c1-4-5-6-28-16-12(7-11(2)8-13(16)19(25)26)10-20-22-18-21-17(24)14(29-18)9-15(23)27-3/h7-10,25-26H,4-6H2,1-3H3,(H,21,22,24)/b14-9+,20-10?. The Balaban J connectivity index is 2.25. The van der Waals surface area contributed by atoms with Gasteiger partial charge in [0.15, 0.2) is 5.17 Å². The summed E-state index contributed by atoms with van der Waals surface area (Å²) in [5, 5.41) is 29.9. The van der Waals surface area contributed by atoms with Crippen molar-refractivity contribution in [2.45, 2.75) is 26.7 Å². The van der Waals surface area contributed by atoms with Crippen LogP contribution in [0.5, 0.6) is 5.75 Å². The largest absolute Gasteiger partial charge is 0.493 e. The normalized spacial score (nSPS) is 16.5. The number of carbonyl (C=O) groups excluding carboxylic acids is 2. The fourth-order valence-electron chi connectivity index (χ4n) is 2.39. The van der Waals surface area contributed by atoms with Crippen LogP contribution in [0, 0.1) is 6.92 Å². The second kappa shape index (κ2) is 10.8. The van der Waals surface area contributed by atoms with Crippen LogP contribution in [0.15, 0.2) is 33.3 Å². The third-order valence-electron chi connectivity index (χ3n) is 3.76. The van der Waals surface area contributed by atoms with Gasteiger partial charge in [-0.05, 0) is 31.2 Å². The van der Waals surface area contributed by atoms with Crippen LogP contribution in [-0.4, -0.2) is 54.1 Å². The lowest BCUT2D eigenvalue weighted by atomic mass is 9.77. The molecule has 3 N–H and O–H groups in total. The molecule has 0 spiro atoms. The van der Waals surface area contributed by atoms with Gasteiger partial charge < -0.3 is 19.5 Å². The number of unbranched alkanes of at least 4 members (excludes halogenated alkanes) is 1. The summed E-state index contributed by atoms with van der Waals surface area (Å²) in [6.45, 7) is 4.25. The van der Waals surface area contributed by atoms with Gasteiger partial charge in [0.25, 0.3) is 5.91 Å². The highest BCUT2D eigenvalue weighted by molar-refractivity contribution is 8.18. The molecule has 1 heterocycles. The minimum atomic E-state index is -1.69. The number of ether oxygens (including phenoxy) is 2. The number of nitrogens with zero attached hydrogens (tertiary/aromatic N) is 2. The molecule has 1 aliphatic rings. The van der Waals surface area contributed by atoms with E-state index in [2.05, 4.69) is 20.3 Å². The van der Waals surface area contributed by atoms with Gasteiger partial charge in [-0.1, -0.05) is 25.0 Å². The second-order valence-corrected chi connectivity index (χ2v) is 7.12. The monoisotopic (exact) mass is 419 g/mol. The van der Waals surface area contributed by atoms with Crippen LogP contribution >= 0.6 is 11.8 Å². The van der Waals surface area contributed by atoms with Crippen molar-refractivity contribution >= 4 is 47.6 Å². The molecule has 0 radical (unpaired) electrons. The average molecular weight is 419 g/mol. The zero-order valence-electron chi connectivity index (χ0n) is 16.3. The van der Waals surface area contributed by atoms with E-state index in [9.17, 15) is 19.6 Å². The highest BCUT2D eigenvalue weighted by Gasteiger charge is 2.25. The summed E-state index contributed by atoms with van der Waals surface area (Å²) in [5.41, 5.74) is 1.55. The molecule has 0 unspecified atom stereocenters. The first kappa shape index (κ1) is 22.7. The third kappa shape index (κ3) is 6.45. The van der Waals surface area contributed by atoms with Gasteiger partial charge in [0.2, 0.25) is 0 Å². The van der Waals surface area contributed by atoms with Gasteiger partial charge in [-0.15, -0.1) is 5.10 Å². The average Bonchev–Trinajstić information content (AvgIpc) is 3.02. The Morgan fingerprint density at radius 1 is 1.38 bits per heavy atom.